The van der Waals surface area contributed by atoms with Crippen LogP contribution in [0.5, 0.6) is 0 Å². The van der Waals surface area contributed by atoms with Crippen LogP contribution in [0.15, 0.2) is 48.5 Å². The number of carbonyl (C=O) groups is 2. The van der Waals surface area contributed by atoms with Gasteiger partial charge in [0.05, 0.1) is 5.56 Å². The number of halogens is 2. The van der Waals surface area contributed by atoms with Gasteiger partial charge < -0.3 is 5.11 Å². The van der Waals surface area contributed by atoms with Crippen LogP contribution in [0, 0.1) is 7.14 Å². The number of Topliss-reactive ketones (excluding diaryl/α,β-unsaturated/α-hetero) is 1. The van der Waals surface area contributed by atoms with Crippen molar-refractivity contribution in [1.29, 1.82) is 0 Å². The number of carboxylic acid groups (broad SMARTS) is 1. The molecule has 0 saturated carbocycles. The molecule has 0 spiro atoms. The minimum atomic E-state index is -0.878. The first kappa shape index (κ1) is 22.7. The highest BCUT2D eigenvalue weighted by Gasteiger charge is 1.99. The van der Waals surface area contributed by atoms with E-state index in [1.165, 1.54) is 0 Å². The second-order valence-corrected chi connectivity index (χ2v) is 8.20. The number of carboxylic acids is 1. The molecule has 0 saturated heterocycles. The highest BCUT2D eigenvalue weighted by atomic mass is 127. The SMILES string of the molecule is CC(=O)c1ccc(I)cc1.O=C(O)c1ccc(I)cc1.S=S=S. The molecule has 23 heavy (non-hydrogen) atoms. The van der Waals surface area contributed by atoms with Gasteiger partial charge >= 0.3 is 5.97 Å². The summed E-state index contributed by atoms with van der Waals surface area (Å²) >= 11 is 12.6. The highest BCUT2D eigenvalue weighted by Crippen LogP contribution is 2.07. The molecule has 122 valence electrons. The molecular formula is C15H12I2O3S3. The molecule has 0 heterocycles. The number of aromatic carboxylic acids is 1. The Kier molecular flexibility index (Phi) is 12.9. The van der Waals surface area contributed by atoms with Crippen molar-refractivity contribution in [3.8, 4) is 0 Å². The van der Waals surface area contributed by atoms with Gasteiger partial charge in [-0.15, -0.1) is 0 Å². The number of ketones is 1. The van der Waals surface area contributed by atoms with Crippen molar-refractivity contribution in [2.75, 3.05) is 0 Å². The van der Waals surface area contributed by atoms with Crippen molar-refractivity contribution < 1.29 is 14.7 Å². The van der Waals surface area contributed by atoms with Crippen molar-refractivity contribution >= 4 is 88.2 Å². The molecule has 0 aliphatic rings. The first-order valence-electron chi connectivity index (χ1n) is 5.99. The summed E-state index contributed by atoms with van der Waals surface area (Å²) in [6, 6.07) is 14.2. The molecular weight excluding hydrogens is 578 g/mol. The standard InChI is InChI=1S/C8H7IO.C7H5IO2.S3/c1-6(10)7-2-4-8(9)5-3-7;8-6-3-1-5(2-4-6)7(9)10;1-3-2/h2-5H,1H3;1-4H,(H,9,10);. The Morgan fingerprint density at radius 1 is 0.870 bits per heavy atom. The van der Waals surface area contributed by atoms with Gasteiger partial charge in [-0.1, -0.05) is 12.1 Å². The van der Waals surface area contributed by atoms with Gasteiger partial charge in [0, 0.05) is 44.0 Å². The van der Waals surface area contributed by atoms with Crippen molar-refractivity contribution in [3.63, 3.8) is 0 Å². The van der Waals surface area contributed by atoms with Crippen LogP contribution in [-0.4, -0.2) is 16.9 Å². The minimum absolute atomic E-state index is 0.122. The van der Waals surface area contributed by atoms with Crippen LogP contribution in [0.4, 0.5) is 0 Å². The maximum Gasteiger partial charge on any atom is 0.335 e. The van der Waals surface area contributed by atoms with E-state index < -0.39 is 5.97 Å². The van der Waals surface area contributed by atoms with E-state index in [9.17, 15) is 9.59 Å². The van der Waals surface area contributed by atoms with Crippen LogP contribution in [-0.2, 0) is 31.3 Å². The summed E-state index contributed by atoms with van der Waals surface area (Å²) in [6.45, 7) is 1.57. The van der Waals surface area contributed by atoms with E-state index in [1.807, 2.05) is 24.3 Å². The lowest BCUT2D eigenvalue weighted by atomic mass is 10.2. The summed E-state index contributed by atoms with van der Waals surface area (Å²) in [6.07, 6.45) is 0. The van der Waals surface area contributed by atoms with Crippen molar-refractivity contribution in [2.24, 2.45) is 0 Å². The molecule has 2 aromatic carbocycles. The number of rotatable bonds is 2. The van der Waals surface area contributed by atoms with Crippen molar-refractivity contribution in [3.05, 3.63) is 66.8 Å². The number of benzene rings is 2. The molecule has 0 radical (unpaired) electrons. The smallest absolute Gasteiger partial charge is 0.335 e. The number of hydrogen-bond donors (Lipinski definition) is 1. The second kappa shape index (κ2) is 13.0. The van der Waals surface area contributed by atoms with E-state index in [0.717, 1.165) is 21.6 Å². The summed E-state index contributed by atoms with van der Waals surface area (Å²) in [7, 11) is 0.917. The van der Waals surface area contributed by atoms with Crippen LogP contribution in [0.3, 0.4) is 0 Å². The van der Waals surface area contributed by atoms with Gasteiger partial charge in [0.15, 0.2) is 5.78 Å². The maximum atomic E-state index is 10.8. The molecule has 0 fully saturated rings. The molecule has 1 N–H and O–H groups in total. The largest absolute Gasteiger partial charge is 0.478 e. The molecule has 0 aliphatic carbocycles. The fourth-order valence-electron chi connectivity index (χ4n) is 1.28. The number of carbonyl (C=O) groups excluding carboxylic acids is 1. The molecule has 0 unspecified atom stereocenters. The van der Waals surface area contributed by atoms with E-state index in [4.69, 9.17) is 5.11 Å². The first-order valence-corrected chi connectivity index (χ1v) is 10.8. The minimum Gasteiger partial charge on any atom is -0.478 e. The lowest BCUT2D eigenvalue weighted by molar-refractivity contribution is 0.0696. The van der Waals surface area contributed by atoms with Gasteiger partial charge in [0.1, 0.15) is 0 Å². The predicted molar refractivity (Wildman–Crippen MR) is 117 cm³/mol. The van der Waals surface area contributed by atoms with Crippen LogP contribution in [0.25, 0.3) is 0 Å². The summed E-state index contributed by atoms with van der Waals surface area (Å²) in [5, 5.41) is 8.47. The Morgan fingerprint density at radius 2 is 1.17 bits per heavy atom. The lowest BCUT2D eigenvalue weighted by Gasteiger charge is -1.92. The van der Waals surface area contributed by atoms with Crippen LogP contribution >= 0.6 is 45.2 Å². The van der Waals surface area contributed by atoms with Gasteiger partial charge in [0.25, 0.3) is 0 Å². The summed E-state index contributed by atoms with van der Waals surface area (Å²) in [5.74, 6) is -0.757. The Hall–Kier alpha value is -0.300. The molecule has 0 atom stereocenters. The predicted octanol–water partition coefficient (Wildman–Crippen LogP) is 4.48. The summed E-state index contributed by atoms with van der Waals surface area (Å²) < 4.78 is 2.20. The van der Waals surface area contributed by atoms with Crippen LogP contribution in [0.2, 0.25) is 0 Å². The summed E-state index contributed by atoms with van der Waals surface area (Å²) in [5.41, 5.74) is 1.11. The average molecular weight is 590 g/mol. The molecule has 0 aromatic heterocycles. The second-order valence-electron chi connectivity index (χ2n) is 3.94. The molecule has 8 heteroatoms. The quantitative estimate of drug-likeness (QED) is 0.414. The zero-order valence-electron chi connectivity index (χ0n) is 11.9. The van der Waals surface area contributed by atoms with Gasteiger partial charge in [-0.25, -0.2) is 4.79 Å². The monoisotopic (exact) mass is 590 g/mol. The fraction of sp³-hybridized carbons (Fsp3) is 0.0667. The molecule has 0 aliphatic heterocycles. The fourth-order valence-corrected chi connectivity index (χ4v) is 2.00. The van der Waals surface area contributed by atoms with Crippen molar-refractivity contribution in [2.45, 2.75) is 6.92 Å². The van der Waals surface area contributed by atoms with E-state index >= 15 is 0 Å². The van der Waals surface area contributed by atoms with E-state index in [0.29, 0.717) is 5.56 Å². The normalized spacial score (nSPS) is 8.65. The van der Waals surface area contributed by atoms with E-state index in [1.54, 1.807) is 31.2 Å². The topological polar surface area (TPSA) is 54.4 Å². The highest BCUT2D eigenvalue weighted by molar-refractivity contribution is 14.1. The third-order valence-electron chi connectivity index (χ3n) is 2.34. The third kappa shape index (κ3) is 11.0. The zero-order valence-corrected chi connectivity index (χ0v) is 18.6. The zero-order chi connectivity index (χ0) is 17.8. The third-order valence-corrected chi connectivity index (χ3v) is 3.78. The van der Waals surface area contributed by atoms with Gasteiger partial charge in [-0.2, -0.15) is 0 Å². The van der Waals surface area contributed by atoms with Crippen molar-refractivity contribution in [1.82, 2.24) is 0 Å². The first-order chi connectivity index (χ1) is 10.8. The number of hydrogen-bond acceptors (Lipinski definition) is 4. The summed E-state index contributed by atoms with van der Waals surface area (Å²) in [4.78, 5) is 21.1. The van der Waals surface area contributed by atoms with Gasteiger partial charge in [-0.3, -0.25) is 4.79 Å². The van der Waals surface area contributed by atoms with Gasteiger partial charge in [-0.05, 0) is 88.5 Å². The molecule has 2 rings (SSSR count). The van der Waals surface area contributed by atoms with Crippen LogP contribution in [0.1, 0.15) is 27.6 Å². The molecule has 2 aromatic rings. The Bertz CT molecular complexity index is 625. The Labute approximate surface area is 175 Å². The molecule has 0 bridgehead atoms. The van der Waals surface area contributed by atoms with Gasteiger partial charge in [0.2, 0.25) is 0 Å². The maximum absolute atomic E-state index is 10.8. The van der Waals surface area contributed by atoms with E-state index in [2.05, 4.69) is 67.6 Å². The Balaban J connectivity index is 0.000000360. The molecule has 3 nitrogen and oxygen atoms in total. The Morgan fingerprint density at radius 3 is 1.43 bits per heavy atom. The van der Waals surface area contributed by atoms with Crippen LogP contribution < -0.4 is 0 Å². The molecule has 0 amide bonds. The lowest BCUT2D eigenvalue weighted by Crippen LogP contribution is -1.94. The average Bonchev–Trinajstić information content (AvgIpc) is 2.49. The van der Waals surface area contributed by atoms with E-state index in [-0.39, 0.29) is 5.78 Å².